The number of nitrogens with one attached hydrogen (secondary N) is 1. The van der Waals surface area contributed by atoms with Crippen molar-refractivity contribution in [1.82, 2.24) is 0 Å². The first-order chi connectivity index (χ1) is 10.6. The van der Waals surface area contributed by atoms with Crippen LogP contribution in [0.1, 0.15) is 12.5 Å². The van der Waals surface area contributed by atoms with Gasteiger partial charge in [0.25, 0.3) is 0 Å². The number of fused-ring (bicyclic) bond motifs is 1. The molecule has 22 heavy (non-hydrogen) atoms. The van der Waals surface area contributed by atoms with E-state index in [1.165, 1.54) is 0 Å². The number of ether oxygens (including phenoxy) is 1. The summed E-state index contributed by atoms with van der Waals surface area (Å²) in [6.07, 6.45) is 0. The zero-order valence-electron chi connectivity index (χ0n) is 12.5. The second-order valence-electron chi connectivity index (χ2n) is 5.30. The zero-order chi connectivity index (χ0) is 15.7. The lowest BCUT2D eigenvalue weighted by Crippen LogP contribution is -2.45. The Balaban J connectivity index is 1.96. The van der Waals surface area contributed by atoms with Gasteiger partial charge < -0.3 is 15.0 Å². The van der Waals surface area contributed by atoms with Gasteiger partial charge in [-0.15, -0.1) is 0 Å². The van der Waals surface area contributed by atoms with Gasteiger partial charge in [-0.1, -0.05) is 23.7 Å². The van der Waals surface area contributed by atoms with Crippen LogP contribution in [-0.2, 0) is 11.3 Å². The van der Waals surface area contributed by atoms with E-state index in [1.807, 2.05) is 49.4 Å². The quantitative estimate of drug-likeness (QED) is 0.939. The minimum Gasteiger partial charge on any atom is -0.497 e. The summed E-state index contributed by atoms with van der Waals surface area (Å²) in [4.78, 5) is 14.3. The third-order valence-corrected chi connectivity index (χ3v) is 4.01. The van der Waals surface area contributed by atoms with E-state index in [9.17, 15) is 4.79 Å². The lowest BCUT2D eigenvalue weighted by molar-refractivity contribution is -0.119. The van der Waals surface area contributed by atoms with Gasteiger partial charge in [-0.2, -0.15) is 0 Å². The van der Waals surface area contributed by atoms with Gasteiger partial charge in [-0.25, -0.2) is 0 Å². The van der Waals surface area contributed by atoms with Gasteiger partial charge in [0.2, 0.25) is 5.91 Å². The highest BCUT2D eigenvalue weighted by Crippen LogP contribution is 2.35. The molecule has 0 saturated carbocycles. The average molecular weight is 317 g/mol. The Morgan fingerprint density at radius 1 is 1.23 bits per heavy atom. The number of carbonyl (C=O) groups excluding carboxylic acids is 1. The van der Waals surface area contributed by atoms with Crippen LogP contribution in [0.4, 0.5) is 11.4 Å². The number of carbonyl (C=O) groups is 1. The second-order valence-corrected chi connectivity index (χ2v) is 5.74. The normalized spacial score (nSPS) is 17.0. The maximum atomic E-state index is 12.5. The predicted molar refractivity (Wildman–Crippen MR) is 88.7 cm³/mol. The number of benzene rings is 2. The highest BCUT2D eigenvalue weighted by Gasteiger charge is 2.29. The summed E-state index contributed by atoms with van der Waals surface area (Å²) in [5.74, 6) is 0.812. The second kappa shape index (κ2) is 5.89. The lowest BCUT2D eigenvalue weighted by Gasteiger charge is -2.34. The maximum Gasteiger partial charge on any atom is 0.249 e. The molecule has 0 saturated heterocycles. The van der Waals surface area contributed by atoms with Gasteiger partial charge in [-0.05, 0) is 36.8 Å². The number of rotatable bonds is 3. The molecule has 1 amide bonds. The highest BCUT2D eigenvalue weighted by atomic mass is 35.5. The van der Waals surface area contributed by atoms with Crippen molar-refractivity contribution in [2.45, 2.75) is 19.5 Å². The van der Waals surface area contributed by atoms with Gasteiger partial charge >= 0.3 is 0 Å². The number of hydrogen-bond acceptors (Lipinski definition) is 3. The van der Waals surface area contributed by atoms with Crippen LogP contribution in [0.3, 0.4) is 0 Å². The molecule has 2 aromatic carbocycles. The fourth-order valence-corrected chi connectivity index (χ4v) is 2.70. The molecule has 4 nitrogen and oxygen atoms in total. The molecule has 1 aliphatic rings. The topological polar surface area (TPSA) is 41.6 Å². The number of hydrogen-bond donors (Lipinski definition) is 1. The average Bonchev–Trinajstić information content (AvgIpc) is 2.53. The molecule has 5 heteroatoms. The lowest BCUT2D eigenvalue weighted by atomic mass is 10.1. The van der Waals surface area contributed by atoms with E-state index >= 15 is 0 Å². The molecule has 0 spiro atoms. The molecule has 1 N–H and O–H groups in total. The Hall–Kier alpha value is -2.20. The van der Waals surface area contributed by atoms with Gasteiger partial charge in [0, 0.05) is 11.1 Å². The van der Waals surface area contributed by atoms with Crippen molar-refractivity contribution >= 4 is 28.9 Å². The van der Waals surface area contributed by atoms with Crippen LogP contribution in [0.2, 0.25) is 5.02 Å². The van der Waals surface area contributed by atoms with Crippen molar-refractivity contribution in [1.29, 1.82) is 0 Å². The number of nitrogens with zero attached hydrogens (tertiary/aromatic N) is 1. The fraction of sp³-hybridized carbons (Fsp3) is 0.235. The molecule has 0 radical (unpaired) electrons. The van der Waals surface area contributed by atoms with E-state index in [1.54, 1.807) is 12.0 Å². The standard InChI is InChI=1S/C17H17ClN2O2/c1-11-17(21)20(10-12-3-5-13(18)6-4-12)16-8-7-14(22-2)9-15(16)19-11/h3-9,11,19H,10H2,1-2H3. The number of anilines is 2. The molecule has 0 aromatic heterocycles. The third kappa shape index (κ3) is 2.74. The van der Waals surface area contributed by atoms with Crippen LogP contribution in [0, 0.1) is 0 Å². The Labute approximate surface area is 134 Å². The smallest absolute Gasteiger partial charge is 0.249 e. The first kappa shape index (κ1) is 14.7. The van der Waals surface area contributed by atoms with E-state index < -0.39 is 0 Å². The molecule has 2 aromatic rings. The van der Waals surface area contributed by atoms with Crippen LogP contribution in [0.25, 0.3) is 0 Å². The van der Waals surface area contributed by atoms with Gasteiger partial charge in [0.15, 0.2) is 0 Å². The first-order valence-electron chi connectivity index (χ1n) is 7.09. The molecule has 3 rings (SSSR count). The minimum absolute atomic E-state index is 0.0487. The number of methoxy groups -OCH3 is 1. The minimum atomic E-state index is -0.271. The zero-order valence-corrected chi connectivity index (χ0v) is 13.2. The molecular weight excluding hydrogens is 300 g/mol. The first-order valence-corrected chi connectivity index (χ1v) is 7.46. The van der Waals surface area contributed by atoms with Crippen LogP contribution in [0.5, 0.6) is 5.75 Å². The van der Waals surface area contributed by atoms with Crippen molar-refractivity contribution in [2.24, 2.45) is 0 Å². The number of amides is 1. The molecule has 0 bridgehead atoms. The summed E-state index contributed by atoms with van der Waals surface area (Å²) in [5.41, 5.74) is 2.80. The van der Waals surface area contributed by atoms with Crippen molar-refractivity contribution in [3.63, 3.8) is 0 Å². The SMILES string of the molecule is COc1ccc2c(c1)NC(C)C(=O)N2Cc1ccc(Cl)cc1. The number of halogens is 1. The molecule has 0 fully saturated rings. The predicted octanol–water partition coefficient (Wildman–Crippen LogP) is 3.70. The Bertz CT molecular complexity index is 700. The summed E-state index contributed by atoms with van der Waals surface area (Å²) in [6, 6.07) is 12.9. The summed E-state index contributed by atoms with van der Waals surface area (Å²) < 4.78 is 5.25. The summed E-state index contributed by atoms with van der Waals surface area (Å²) in [6.45, 7) is 2.38. The molecular formula is C17H17ClN2O2. The van der Waals surface area contributed by atoms with E-state index in [0.29, 0.717) is 11.6 Å². The Morgan fingerprint density at radius 2 is 1.95 bits per heavy atom. The van der Waals surface area contributed by atoms with Crippen molar-refractivity contribution in [2.75, 3.05) is 17.3 Å². The van der Waals surface area contributed by atoms with E-state index in [0.717, 1.165) is 22.7 Å². The molecule has 1 atom stereocenters. The molecule has 1 heterocycles. The largest absolute Gasteiger partial charge is 0.497 e. The van der Waals surface area contributed by atoms with E-state index in [2.05, 4.69) is 5.32 Å². The molecule has 1 unspecified atom stereocenters. The summed E-state index contributed by atoms with van der Waals surface area (Å²) in [5, 5.41) is 3.91. The molecule has 1 aliphatic heterocycles. The van der Waals surface area contributed by atoms with Gasteiger partial charge in [0.05, 0.1) is 25.0 Å². The Kier molecular flexibility index (Phi) is 3.94. The van der Waals surface area contributed by atoms with Gasteiger partial charge in [0.1, 0.15) is 11.8 Å². The van der Waals surface area contributed by atoms with Crippen LogP contribution >= 0.6 is 11.6 Å². The molecule has 0 aliphatic carbocycles. The van der Waals surface area contributed by atoms with Crippen molar-refractivity contribution in [3.05, 3.63) is 53.1 Å². The summed E-state index contributed by atoms with van der Waals surface area (Å²) >= 11 is 5.92. The summed E-state index contributed by atoms with van der Waals surface area (Å²) in [7, 11) is 1.63. The van der Waals surface area contributed by atoms with E-state index in [-0.39, 0.29) is 11.9 Å². The van der Waals surface area contributed by atoms with Gasteiger partial charge in [-0.3, -0.25) is 4.79 Å². The van der Waals surface area contributed by atoms with Crippen LogP contribution < -0.4 is 15.0 Å². The Morgan fingerprint density at radius 3 is 2.64 bits per heavy atom. The van der Waals surface area contributed by atoms with Crippen LogP contribution in [0.15, 0.2) is 42.5 Å². The maximum absolute atomic E-state index is 12.5. The van der Waals surface area contributed by atoms with Crippen LogP contribution in [-0.4, -0.2) is 19.1 Å². The van der Waals surface area contributed by atoms with Crippen molar-refractivity contribution < 1.29 is 9.53 Å². The third-order valence-electron chi connectivity index (χ3n) is 3.76. The monoisotopic (exact) mass is 316 g/mol. The molecule has 114 valence electrons. The fourth-order valence-electron chi connectivity index (χ4n) is 2.58. The van der Waals surface area contributed by atoms with E-state index in [4.69, 9.17) is 16.3 Å². The highest BCUT2D eigenvalue weighted by molar-refractivity contribution is 6.30. The van der Waals surface area contributed by atoms with Crippen molar-refractivity contribution in [3.8, 4) is 5.75 Å².